The van der Waals surface area contributed by atoms with Crippen molar-refractivity contribution >= 4 is 68.4 Å². The second kappa shape index (κ2) is 15.3. The highest BCUT2D eigenvalue weighted by molar-refractivity contribution is 7.01. The Hall–Kier alpha value is -5.48. The molecule has 6 aromatic carbocycles. The van der Waals surface area contributed by atoms with Crippen molar-refractivity contribution in [3.8, 4) is 11.1 Å². The van der Waals surface area contributed by atoms with E-state index in [0.29, 0.717) is 5.92 Å². The van der Waals surface area contributed by atoms with Gasteiger partial charge >= 0.3 is 0 Å². The third kappa shape index (κ3) is 7.18. The Morgan fingerprint density at radius 2 is 1.06 bits per heavy atom. The molecule has 360 valence electrons. The summed E-state index contributed by atoms with van der Waals surface area (Å²) in [4.78, 5) is 5.22. The fraction of sp³-hybridized carbons (Fsp3) is 0.424. The zero-order valence-corrected chi connectivity index (χ0v) is 45.6. The highest BCUT2D eigenvalue weighted by atomic mass is 16.4. The van der Waals surface area contributed by atoms with Gasteiger partial charge in [0.05, 0.1) is 5.69 Å². The summed E-state index contributed by atoms with van der Waals surface area (Å²) in [6, 6.07) is 41.4. The van der Waals surface area contributed by atoms with E-state index in [2.05, 4.69) is 231 Å². The summed E-state index contributed by atoms with van der Waals surface area (Å²) in [5.74, 6) is 1.37. The van der Waals surface area contributed by atoms with E-state index in [-0.39, 0.29) is 39.2 Å². The van der Waals surface area contributed by atoms with Crippen LogP contribution in [0.1, 0.15) is 187 Å². The summed E-state index contributed by atoms with van der Waals surface area (Å²) in [5, 5.41) is 1.21. The molecule has 4 aliphatic rings. The Bertz CT molecular complexity index is 3290. The number of nitrogens with zero attached hydrogens (tertiary/aromatic N) is 2. The minimum Gasteiger partial charge on any atom is -0.440 e. The van der Waals surface area contributed by atoms with Gasteiger partial charge in [0, 0.05) is 39.2 Å². The Morgan fingerprint density at radius 1 is 0.514 bits per heavy atom. The minimum atomic E-state index is -0.0682. The van der Waals surface area contributed by atoms with Gasteiger partial charge in [0.25, 0.3) is 6.71 Å². The lowest BCUT2D eigenvalue weighted by Crippen LogP contribution is -2.61. The van der Waals surface area contributed by atoms with E-state index in [1.165, 1.54) is 113 Å². The molecule has 1 aromatic heterocycles. The zero-order valence-electron chi connectivity index (χ0n) is 45.6. The van der Waals surface area contributed by atoms with Crippen LogP contribution in [0.5, 0.6) is 0 Å². The van der Waals surface area contributed by atoms with Gasteiger partial charge in [-0.2, -0.15) is 0 Å². The van der Waals surface area contributed by atoms with E-state index >= 15 is 0 Å². The van der Waals surface area contributed by atoms with Crippen molar-refractivity contribution in [2.75, 3.05) is 9.80 Å². The van der Waals surface area contributed by atoms with Crippen molar-refractivity contribution in [2.45, 2.75) is 182 Å². The van der Waals surface area contributed by atoms with E-state index in [0.717, 1.165) is 30.0 Å². The van der Waals surface area contributed by atoms with Gasteiger partial charge in [0.15, 0.2) is 0 Å². The van der Waals surface area contributed by atoms with E-state index in [9.17, 15) is 0 Å². The molecule has 4 heteroatoms. The summed E-state index contributed by atoms with van der Waals surface area (Å²) in [6.45, 7) is 40.5. The zero-order chi connectivity index (χ0) is 50.0. The second-order valence-corrected chi connectivity index (χ2v) is 27.1. The quantitative estimate of drug-likeness (QED) is 0.164. The molecule has 3 heterocycles. The van der Waals surface area contributed by atoms with Crippen molar-refractivity contribution in [2.24, 2.45) is 0 Å². The van der Waals surface area contributed by atoms with Crippen molar-refractivity contribution in [1.29, 1.82) is 0 Å². The van der Waals surface area contributed by atoms with Gasteiger partial charge in [0.2, 0.25) is 5.88 Å². The summed E-state index contributed by atoms with van der Waals surface area (Å²) >= 11 is 0. The first kappa shape index (κ1) is 46.9. The molecule has 0 amide bonds. The minimum absolute atomic E-state index is 0.0265. The maximum Gasteiger partial charge on any atom is 0.257 e. The number of hydrogen-bond acceptors (Lipinski definition) is 3. The third-order valence-electron chi connectivity index (χ3n) is 17.8. The third-order valence-corrected chi connectivity index (χ3v) is 17.8. The molecular formula is C66H77BN2O. The molecule has 0 N–H and O–H groups in total. The largest absolute Gasteiger partial charge is 0.440 e. The first-order chi connectivity index (χ1) is 32.7. The standard InChI is InChI=1S/C66H77BN2O/c1-39(2)41-18-20-42(21-19-41)46-34-43(61(4,5)6)22-26-53(46)69-56-33-40(3)32-55-59(56)67(58-47-35-44(62(7,8)9)23-27-57(47)70-60(58)69)52-37-50-51(66(16,17)31-30-65(50,14)15)38-54(52)68(55)45-24-25-48-49(36-45)64(12,13)29-28-63(48,10)11/h18-27,32-39H,28-31H2,1-17H3. The summed E-state index contributed by atoms with van der Waals surface area (Å²) in [6.07, 6.45) is 4.68. The van der Waals surface area contributed by atoms with Crippen molar-refractivity contribution < 1.29 is 4.42 Å². The smallest absolute Gasteiger partial charge is 0.257 e. The maximum absolute atomic E-state index is 7.49. The lowest BCUT2D eigenvalue weighted by atomic mass is 9.33. The van der Waals surface area contributed by atoms with E-state index in [1.807, 2.05) is 0 Å². The number of benzene rings is 6. The van der Waals surface area contributed by atoms with Crippen molar-refractivity contribution in [1.82, 2.24) is 0 Å². The average molecular weight is 925 g/mol. The van der Waals surface area contributed by atoms with Crippen molar-refractivity contribution in [3.05, 3.63) is 148 Å². The van der Waals surface area contributed by atoms with E-state index < -0.39 is 0 Å². The Kier molecular flexibility index (Phi) is 10.2. The van der Waals surface area contributed by atoms with Gasteiger partial charge in [-0.25, -0.2) is 0 Å². The molecule has 0 fully saturated rings. The summed E-state index contributed by atoms with van der Waals surface area (Å²) in [7, 11) is 0. The highest BCUT2D eigenvalue weighted by Gasteiger charge is 2.49. The topological polar surface area (TPSA) is 19.6 Å². The molecule has 70 heavy (non-hydrogen) atoms. The molecule has 7 aromatic rings. The maximum atomic E-state index is 7.49. The molecule has 0 spiro atoms. The van der Waals surface area contributed by atoms with Crippen LogP contribution in [0.15, 0.2) is 108 Å². The van der Waals surface area contributed by atoms with Crippen LogP contribution < -0.4 is 26.2 Å². The van der Waals surface area contributed by atoms with Crippen molar-refractivity contribution in [3.63, 3.8) is 0 Å². The van der Waals surface area contributed by atoms with Gasteiger partial charge < -0.3 is 9.32 Å². The average Bonchev–Trinajstić information content (AvgIpc) is 3.67. The number of rotatable bonds is 4. The molecular weight excluding hydrogens is 848 g/mol. The Balaban J connectivity index is 1.28. The van der Waals surface area contributed by atoms with Crippen LogP contribution in [0.25, 0.3) is 22.1 Å². The Morgan fingerprint density at radius 3 is 1.66 bits per heavy atom. The number of hydrogen-bond donors (Lipinski definition) is 0. The predicted molar refractivity (Wildman–Crippen MR) is 302 cm³/mol. The lowest BCUT2D eigenvalue weighted by molar-refractivity contribution is 0.332. The number of furan rings is 1. The molecule has 0 radical (unpaired) electrons. The summed E-state index contributed by atoms with van der Waals surface area (Å²) in [5.41, 5.74) is 24.8. The van der Waals surface area contributed by atoms with Crippen LogP contribution >= 0.6 is 0 Å². The summed E-state index contributed by atoms with van der Waals surface area (Å²) < 4.78 is 7.49. The van der Waals surface area contributed by atoms with E-state index in [1.54, 1.807) is 0 Å². The molecule has 2 aliphatic heterocycles. The highest BCUT2D eigenvalue weighted by Crippen LogP contribution is 2.54. The van der Waals surface area contributed by atoms with Gasteiger partial charge in [-0.3, -0.25) is 4.90 Å². The number of aryl methyl sites for hydroxylation is 1. The van der Waals surface area contributed by atoms with Crippen LogP contribution in [0, 0.1) is 6.92 Å². The van der Waals surface area contributed by atoms with Gasteiger partial charge in [-0.15, -0.1) is 0 Å². The molecule has 0 unspecified atom stereocenters. The van der Waals surface area contributed by atoms with Crippen LogP contribution in [0.3, 0.4) is 0 Å². The first-order valence-corrected chi connectivity index (χ1v) is 26.6. The second-order valence-electron chi connectivity index (χ2n) is 27.1. The first-order valence-electron chi connectivity index (χ1n) is 26.6. The molecule has 11 rings (SSSR count). The SMILES string of the molecule is Cc1cc2c3c(c1)N(c1ccc(C(C)(C)C)cc1-c1ccc(C(C)C)cc1)c1oc4ccc(C(C)(C)C)cc4c1B3c1cc3c(cc1N2c1ccc2c(c1)C(C)(C)CCC2(C)C)C(C)(C)CCC3(C)C. The molecule has 0 saturated carbocycles. The van der Waals surface area contributed by atoms with E-state index in [4.69, 9.17) is 4.42 Å². The monoisotopic (exact) mass is 925 g/mol. The van der Waals surface area contributed by atoms with Crippen LogP contribution in [-0.4, -0.2) is 6.71 Å². The predicted octanol–water partition coefficient (Wildman–Crippen LogP) is 16.9. The van der Waals surface area contributed by atoms with Gasteiger partial charge in [-0.05, 0) is 187 Å². The van der Waals surface area contributed by atoms with Crippen LogP contribution in [0.4, 0.5) is 34.3 Å². The fourth-order valence-electron chi connectivity index (χ4n) is 12.9. The number of fused-ring (bicyclic) bond motifs is 8. The lowest BCUT2D eigenvalue weighted by Gasteiger charge is -2.47. The van der Waals surface area contributed by atoms with Crippen LogP contribution in [-0.2, 0) is 32.5 Å². The Labute approximate surface area is 421 Å². The normalized spacial score (nSPS) is 18.3. The fourth-order valence-corrected chi connectivity index (χ4v) is 12.9. The molecule has 0 saturated heterocycles. The van der Waals surface area contributed by atoms with Gasteiger partial charge in [0.1, 0.15) is 5.58 Å². The molecule has 0 atom stereocenters. The van der Waals surface area contributed by atoms with Gasteiger partial charge in [-0.1, -0.05) is 159 Å². The molecule has 2 aliphatic carbocycles. The molecule has 3 nitrogen and oxygen atoms in total. The molecule has 0 bridgehead atoms. The number of anilines is 6. The van der Waals surface area contributed by atoms with Crippen LogP contribution in [0.2, 0.25) is 0 Å².